The van der Waals surface area contributed by atoms with Gasteiger partial charge in [-0.05, 0) is 93.8 Å². The molecule has 3 fully saturated rings. The molecule has 0 aromatic heterocycles. The molecule has 2 aromatic rings. The number of nitrogens with zero attached hydrogens (tertiary/aromatic N) is 2. The number of morpholine rings is 1. The number of hydrogen-bond acceptors (Lipinski definition) is 4. The molecule has 208 valence electrons. The van der Waals surface area contributed by atoms with Gasteiger partial charge in [-0.25, -0.2) is 0 Å². The van der Waals surface area contributed by atoms with Crippen molar-refractivity contribution in [1.82, 2.24) is 15.1 Å². The number of ether oxygens (including phenoxy) is 1. The van der Waals surface area contributed by atoms with Crippen molar-refractivity contribution in [3.05, 3.63) is 76.5 Å². The van der Waals surface area contributed by atoms with Crippen LogP contribution in [-0.2, 0) is 16.1 Å². The minimum atomic E-state index is -0.0551. The van der Waals surface area contributed by atoms with Gasteiger partial charge in [0.25, 0.3) is 11.8 Å². The van der Waals surface area contributed by atoms with E-state index in [2.05, 4.69) is 48.3 Å². The van der Waals surface area contributed by atoms with E-state index in [1.165, 1.54) is 31.5 Å². The van der Waals surface area contributed by atoms with Crippen molar-refractivity contribution in [2.45, 2.75) is 77.5 Å². The van der Waals surface area contributed by atoms with Gasteiger partial charge in [0, 0.05) is 25.2 Å². The average Bonchev–Trinajstić information content (AvgIpc) is 2.95. The predicted molar refractivity (Wildman–Crippen MR) is 155 cm³/mol. The van der Waals surface area contributed by atoms with Crippen LogP contribution in [0.5, 0.6) is 0 Å². The van der Waals surface area contributed by atoms with Crippen LogP contribution in [0.15, 0.2) is 54.3 Å². The van der Waals surface area contributed by atoms with Crippen LogP contribution in [0.4, 0.5) is 0 Å². The number of rotatable bonds is 8. The van der Waals surface area contributed by atoms with E-state index in [-0.39, 0.29) is 24.0 Å². The fourth-order valence-electron chi connectivity index (χ4n) is 6.23. The lowest BCUT2D eigenvalue weighted by Crippen LogP contribution is -2.54. The second-order valence-corrected chi connectivity index (χ2v) is 11.7. The number of benzene rings is 2. The highest BCUT2D eigenvalue weighted by Crippen LogP contribution is 2.34. The third kappa shape index (κ3) is 7.10. The smallest absolute Gasteiger partial charge is 0.289 e. The molecule has 3 atom stereocenters. The van der Waals surface area contributed by atoms with Gasteiger partial charge in [0.2, 0.25) is 0 Å². The van der Waals surface area contributed by atoms with Gasteiger partial charge in [0.05, 0.1) is 6.04 Å². The molecule has 3 aliphatic rings. The quantitative estimate of drug-likeness (QED) is 0.359. The van der Waals surface area contributed by atoms with Crippen molar-refractivity contribution in [2.75, 3.05) is 26.2 Å². The van der Waals surface area contributed by atoms with Crippen LogP contribution >= 0.6 is 0 Å². The summed E-state index contributed by atoms with van der Waals surface area (Å²) >= 11 is 0. The molecule has 3 unspecified atom stereocenters. The summed E-state index contributed by atoms with van der Waals surface area (Å²) in [6, 6.07) is 16.0. The predicted octanol–water partition coefficient (Wildman–Crippen LogP) is 5.56. The summed E-state index contributed by atoms with van der Waals surface area (Å²) in [5.74, 6) is 1.06. The van der Waals surface area contributed by atoms with Crippen molar-refractivity contribution < 1.29 is 14.3 Å². The normalized spacial score (nSPS) is 24.8. The van der Waals surface area contributed by atoms with Gasteiger partial charge >= 0.3 is 0 Å². The Morgan fingerprint density at radius 1 is 1.03 bits per heavy atom. The summed E-state index contributed by atoms with van der Waals surface area (Å²) < 4.78 is 6.28. The van der Waals surface area contributed by atoms with Gasteiger partial charge in [-0.1, -0.05) is 55.3 Å². The third-order valence-electron chi connectivity index (χ3n) is 8.44. The first-order valence-corrected chi connectivity index (χ1v) is 14.8. The number of aryl methyl sites for hydroxylation is 1. The van der Waals surface area contributed by atoms with Gasteiger partial charge in [-0.2, -0.15) is 0 Å². The first-order chi connectivity index (χ1) is 19.0. The zero-order valence-corrected chi connectivity index (χ0v) is 23.5. The van der Waals surface area contributed by atoms with E-state index in [1.54, 1.807) is 0 Å². The Labute approximate surface area is 233 Å². The zero-order valence-electron chi connectivity index (χ0n) is 23.5. The van der Waals surface area contributed by atoms with E-state index in [1.807, 2.05) is 35.2 Å². The van der Waals surface area contributed by atoms with E-state index >= 15 is 0 Å². The minimum Gasteiger partial charge on any atom is -0.482 e. The molecule has 0 bridgehead atoms. The highest BCUT2D eigenvalue weighted by molar-refractivity contribution is 5.97. The second-order valence-electron chi connectivity index (χ2n) is 11.7. The molecule has 5 rings (SSSR count). The molecular weight excluding hydrogens is 486 g/mol. The van der Waals surface area contributed by atoms with E-state index in [4.69, 9.17) is 4.74 Å². The van der Waals surface area contributed by atoms with Crippen LogP contribution in [0.25, 0.3) is 6.08 Å². The molecule has 2 aromatic carbocycles. The van der Waals surface area contributed by atoms with Crippen molar-refractivity contribution in [3.8, 4) is 0 Å². The molecule has 2 saturated heterocycles. The fraction of sp³-hybridized carbons (Fsp3) is 0.515. The maximum Gasteiger partial charge on any atom is 0.289 e. The van der Waals surface area contributed by atoms with Crippen LogP contribution in [0.1, 0.15) is 78.9 Å². The molecule has 2 heterocycles. The van der Waals surface area contributed by atoms with Gasteiger partial charge in [0.1, 0.15) is 6.10 Å². The molecule has 1 aliphatic carbocycles. The number of carbonyl (C=O) groups is 2. The zero-order chi connectivity index (χ0) is 27.2. The first kappa shape index (κ1) is 27.4. The standard InChI is InChI=1S/C33H43N3O3/c1-24-10-12-27(13-11-24)23-36-29-8-3-4-9-30(29)39-31(33(36)38)21-26-14-16-28(17-15-26)32(37)34-18-6-20-35-19-5-7-25(2)22-35/h10-17,21,25,29-30H,3-9,18-20,22-23H2,1-2H3,(H,34,37)/b31-21+. The minimum absolute atomic E-state index is 0.0337. The number of amides is 2. The maximum absolute atomic E-state index is 13.6. The largest absolute Gasteiger partial charge is 0.482 e. The van der Waals surface area contributed by atoms with Crippen LogP contribution in [0.3, 0.4) is 0 Å². The number of piperidine rings is 1. The molecule has 1 N–H and O–H groups in total. The number of nitrogens with one attached hydrogen (secondary N) is 1. The molecule has 39 heavy (non-hydrogen) atoms. The Morgan fingerprint density at radius 2 is 1.79 bits per heavy atom. The van der Waals surface area contributed by atoms with Crippen LogP contribution in [0, 0.1) is 12.8 Å². The summed E-state index contributed by atoms with van der Waals surface area (Å²) in [5.41, 5.74) is 3.85. The Bertz CT molecular complexity index is 1160. The lowest BCUT2D eigenvalue weighted by atomic mass is 9.89. The highest BCUT2D eigenvalue weighted by Gasteiger charge is 2.41. The Balaban J connectivity index is 1.19. The topological polar surface area (TPSA) is 61.9 Å². The van der Waals surface area contributed by atoms with E-state index in [0.717, 1.165) is 55.7 Å². The average molecular weight is 530 g/mol. The van der Waals surface area contributed by atoms with Crippen molar-refractivity contribution in [2.24, 2.45) is 5.92 Å². The van der Waals surface area contributed by atoms with Crippen molar-refractivity contribution >= 4 is 17.9 Å². The summed E-state index contributed by atoms with van der Waals surface area (Å²) in [6.07, 6.45) is 9.63. The van der Waals surface area contributed by atoms with E-state index in [9.17, 15) is 9.59 Å². The molecule has 0 radical (unpaired) electrons. The van der Waals surface area contributed by atoms with Crippen LogP contribution < -0.4 is 5.32 Å². The molecule has 2 aliphatic heterocycles. The van der Waals surface area contributed by atoms with Gasteiger partial charge in [-0.15, -0.1) is 0 Å². The van der Waals surface area contributed by atoms with Crippen molar-refractivity contribution in [3.63, 3.8) is 0 Å². The Morgan fingerprint density at radius 3 is 2.56 bits per heavy atom. The summed E-state index contributed by atoms with van der Waals surface area (Å²) in [7, 11) is 0. The summed E-state index contributed by atoms with van der Waals surface area (Å²) in [4.78, 5) is 30.8. The molecule has 2 amide bonds. The SMILES string of the molecule is Cc1ccc(CN2C(=O)/C(=C\c3ccc(C(=O)NCCCN4CCCC(C)C4)cc3)OC3CCCCC32)cc1. The number of likely N-dealkylation sites (tertiary alicyclic amines) is 1. The monoisotopic (exact) mass is 529 g/mol. The third-order valence-corrected chi connectivity index (χ3v) is 8.44. The lowest BCUT2D eigenvalue weighted by Gasteiger charge is -2.44. The van der Waals surface area contributed by atoms with E-state index in [0.29, 0.717) is 24.4 Å². The highest BCUT2D eigenvalue weighted by atomic mass is 16.5. The maximum atomic E-state index is 13.6. The number of fused-ring (bicyclic) bond motifs is 1. The Hall–Kier alpha value is -3.12. The Kier molecular flexibility index (Phi) is 9.02. The van der Waals surface area contributed by atoms with Crippen LogP contribution in [0.2, 0.25) is 0 Å². The first-order valence-electron chi connectivity index (χ1n) is 14.8. The molecule has 6 nitrogen and oxygen atoms in total. The summed E-state index contributed by atoms with van der Waals surface area (Å²) in [5, 5.41) is 3.05. The molecule has 0 spiro atoms. The van der Waals surface area contributed by atoms with Crippen molar-refractivity contribution in [1.29, 1.82) is 0 Å². The van der Waals surface area contributed by atoms with E-state index < -0.39 is 0 Å². The number of carbonyl (C=O) groups excluding carboxylic acids is 2. The van der Waals surface area contributed by atoms with Crippen LogP contribution in [-0.4, -0.2) is 59.9 Å². The molecule has 1 saturated carbocycles. The number of hydrogen-bond donors (Lipinski definition) is 1. The van der Waals surface area contributed by atoms with Gasteiger partial charge in [-0.3, -0.25) is 9.59 Å². The summed E-state index contributed by atoms with van der Waals surface area (Å²) in [6.45, 7) is 9.04. The molecular formula is C33H43N3O3. The molecule has 6 heteroatoms. The fourth-order valence-corrected chi connectivity index (χ4v) is 6.23. The second kappa shape index (κ2) is 12.8. The van der Waals surface area contributed by atoms with Gasteiger partial charge in [0.15, 0.2) is 5.76 Å². The van der Waals surface area contributed by atoms with Gasteiger partial charge < -0.3 is 19.9 Å². The lowest BCUT2D eigenvalue weighted by molar-refractivity contribution is -0.149.